The molecule has 32 heavy (non-hydrogen) atoms. The molecule has 0 spiro atoms. The first-order valence-electron chi connectivity index (χ1n) is 9.89. The van der Waals surface area contributed by atoms with Gasteiger partial charge in [0.1, 0.15) is 11.1 Å². The van der Waals surface area contributed by atoms with Gasteiger partial charge >= 0.3 is 0 Å². The number of halogens is 1. The molecule has 0 saturated heterocycles. The highest BCUT2D eigenvalue weighted by Crippen LogP contribution is 2.33. The smallest absolute Gasteiger partial charge is 0.219 e. The van der Waals surface area contributed by atoms with Crippen molar-refractivity contribution in [3.05, 3.63) is 104 Å². The number of anilines is 1. The Morgan fingerprint density at radius 1 is 1.00 bits per heavy atom. The average molecular weight is 483 g/mol. The third kappa shape index (κ3) is 5.55. The van der Waals surface area contributed by atoms with Crippen LogP contribution in [0.3, 0.4) is 0 Å². The Labute approximate surface area is 198 Å². The molecule has 0 aromatic heterocycles. The third-order valence-electron chi connectivity index (χ3n) is 4.93. The van der Waals surface area contributed by atoms with E-state index in [1.807, 2.05) is 51.1 Å². The lowest BCUT2D eigenvalue weighted by Gasteiger charge is -2.15. The van der Waals surface area contributed by atoms with Crippen molar-refractivity contribution in [3.63, 3.8) is 0 Å². The van der Waals surface area contributed by atoms with Crippen molar-refractivity contribution >= 4 is 38.9 Å². The normalized spacial score (nSPS) is 12.1. The van der Waals surface area contributed by atoms with E-state index in [-0.39, 0.29) is 14.8 Å². The Morgan fingerprint density at radius 3 is 2.34 bits per heavy atom. The number of hydrogen-bond donors (Lipinski definition) is 1. The van der Waals surface area contributed by atoms with E-state index in [1.54, 1.807) is 24.3 Å². The summed E-state index contributed by atoms with van der Waals surface area (Å²) in [5.41, 5.74) is 4.85. The highest BCUT2D eigenvalue weighted by molar-refractivity contribution is 8.04. The minimum atomic E-state index is -4.01. The molecule has 0 aliphatic rings. The molecule has 0 saturated carbocycles. The van der Waals surface area contributed by atoms with Gasteiger partial charge in [0, 0.05) is 16.5 Å². The number of nitriles is 1. The number of allylic oxidation sites excluding steroid dienone is 1. The molecular weight excluding hydrogens is 460 g/mol. The maximum atomic E-state index is 13.3. The largest absolute Gasteiger partial charge is 0.348 e. The van der Waals surface area contributed by atoms with Crippen molar-refractivity contribution in [2.24, 2.45) is 0 Å². The quantitative estimate of drug-likeness (QED) is 0.376. The van der Waals surface area contributed by atoms with E-state index in [0.717, 1.165) is 22.3 Å². The molecule has 0 atom stereocenters. The number of aryl methyl sites for hydroxylation is 3. The van der Waals surface area contributed by atoms with Gasteiger partial charge < -0.3 is 5.32 Å². The lowest BCUT2D eigenvalue weighted by Crippen LogP contribution is -2.10. The van der Waals surface area contributed by atoms with E-state index < -0.39 is 9.84 Å². The molecule has 0 unspecified atom stereocenters. The summed E-state index contributed by atoms with van der Waals surface area (Å²) in [5.74, 6) is 0.504. The fourth-order valence-electron chi connectivity index (χ4n) is 3.07. The van der Waals surface area contributed by atoms with Crippen molar-refractivity contribution < 1.29 is 8.42 Å². The molecule has 3 rings (SSSR count). The van der Waals surface area contributed by atoms with E-state index in [4.69, 9.17) is 11.6 Å². The highest BCUT2D eigenvalue weighted by Gasteiger charge is 2.25. The molecule has 0 fully saturated rings. The second-order valence-corrected chi connectivity index (χ2v) is 10.7. The predicted octanol–water partition coefficient (Wildman–Crippen LogP) is 6.78. The number of nitrogens with one attached hydrogen (secondary N) is 1. The minimum Gasteiger partial charge on any atom is -0.348 e. The van der Waals surface area contributed by atoms with Crippen molar-refractivity contribution in [2.75, 3.05) is 5.32 Å². The Hall–Kier alpha value is -2.72. The van der Waals surface area contributed by atoms with Gasteiger partial charge in [-0.05, 0) is 61.7 Å². The fraction of sp³-hybridized carbons (Fsp3) is 0.160. The minimum absolute atomic E-state index is 0.0740. The molecule has 0 heterocycles. The third-order valence-corrected chi connectivity index (χ3v) is 8.24. The number of rotatable bonds is 7. The van der Waals surface area contributed by atoms with Crippen molar-refractivity contribution in [1.29, 1.82) is 5.26 Å². The van der Waals surface area contributed by atoms with Gasteiger partial charge in [-0.1, -0.05) is 59.6 Å². The Kier molecular flexibility index (Phi) is 7.68. The molecule has 0 radical (unpaired) electrons. The summed E-state index contributed by atoms with van der Waals surface area (Å²) in [4.78, 5) is -0.250. The maximum absolute atomic E-state index is 13.3. The van der Waals surface area contributed by atoms with Crippen LogP contribution in [0, 0.1) is 32.1 Å². The maximum Gasteiger partial charge on any atom is 0.219 e. The zero-order valence-corrected chi connectivity index (χ0v) is 20.4. The van der Waals surface area contributed by atoms with Crippen LogP contribution in [0.15, 0.2) is 81.6 Å². The van der Waals surface area contributed by atoms with Gasteiger partial charge in [-0.25, -0.2) is 8.42 Å². The van der Waals surface area contributed by atoms with Crippen LogP contribution in [0.5, 0.6) is 0 Å². The lowest BCUT2D eigenvalue weighted by atomic mass is 10.1. The summed E-state index contributed by atoms with van der Waals surface area (Å²) in [6.45, 7) is 5.93. The van der Waals surface area contributed by atoms with Gasteiger partial charge in [0.15, 0.2) is 4.91 Å². The molecule has 0 aliphatic heterocycles. The number of nitrogens with zero attached hydrogens (tertiary/aromatic N) is 1. The van der Waals surface area contributed by atoms with Crippen LogP contribution < -0.4 is 5.32 Å². The second-order valence-electron chi connectivity index (χ2n) is 7.39. The summed E-state index contributed by atoms with van der Waals surface area (Å²) in [7, 11) is -4.01. The zero-order valence-electron chi connectivity index (χ0n) is 18.0. The molecule has 164 valence electrons. The molecule has 0 amide bonds. The summed E-state index contributed by atoms with van der Waals surface area (Å²) < 4.78 is 26.6. The van der Waals surface area contributed by atoms with Gasteiger partial charge in [0.2, 0.25) is 9.84 Å². The number of benzene rings is 3. The highest BCUT2D eigenvalue weighted by atomic mass is 35.5. The standard InChI is InChI=1S/C25H23ClN2O2S2/c1-17-9-11-20(19(3)13-17)16-31-25(28-21-12-10-18(2)23(26)14-21)24(15-27)32(29,30)22-7-5-4-6-8-22/h4-14,28H,16H2,1-3H3/b25-24+. The zero-order chi connectivity index (χ0) is 23.3. The summed E-state index contributed by atoms with van der Waals surface area (Å²) >= 11 is 7.54. The van der Waals surface area contributed by atoms with Crippen LogP contribution in [0.2, 0.25) is 5.02 Å². The molecule has 3 aromatic rings. The van der Waals surface area contributed by atoms with Gasteiger partial charge in [0.25, 0.3) is 0 Å². The van der Waals surface area contributed by atoms with E-state index in [9.17, 15) is 13.7 Å². The van der Waals surface area contributed by atoms with Gasteiger partial charge in [-0.15, -0.1) is 11.8 Å². The number of sulfone groups is 1. The molecule has 3 aromatic carbocycles. The molecular formula is C25H23ClN2O2S2. The first-order valence-corrected chi connectivity index (χ1v) is 12.7. The lowest BCUT2D eigenvalue weighted by molar-refractivity contribution is 0.603. The first kappa shape index (κ1) is 23.9. The SMILES string of the molecule is Cc1ccc(CS/C(Nc2ccc(C)c(Cl)c2)=C(\C#N)S(=O)(=O)c2ccccc2)c(C)c1. The fourth-order valence-corrected chi connectivity index (χ4v) is 5.91. The van der Waals surface area contributed by atoms with Gasteiger partial charge in [-0.2, -0.15) is 5.26 Å². The topological polar surface area (TPSA) is 70.0 Å². The second kappa shape index (κ2) is 10.3. The van der Waals surface area contributed by atoms with Crippen molar-refractivity contribution in [1.82, 2.24) is 0 Å². The van der Waals surface area contributed by atoms with E-state index in [2.05, 4.69) is 11.4 Å². The van der Waals surface area contributed by atoms with Crippen LogP contribution in [0.25, 0.3) is 0 Å². The van der Waals surface area contributed by atoms with Crippen molar-refractivity contribution in [3.8, 4) is 6.07 Å². The monoisotopic (exact) mass is 482 g/mol. The Balaban J connectivity index is 2.06. The Morgan fingerprint density at radius 2 is 1.72 bits per heavy atom. The predicted molar refractivity (Wildman–Crippen MR) is 133 cm³/mol. The number of thioether (sulfide) groups is 1. The van der Waals surface area contributed by atoms with Crippen LogP contribution in [0.1, 0.15) is 22.3 Å². The summed E-state index contributed by atoms with van der Waals surface area (Å²) in [5, 5.41) is 13.8. The summed E-state index contributed by atoms with van der Waals surface area (Å²) in [6, 6.07) is 21.4. The Bertz CT molecular complexity index is 1310. The van der Waals surface area contributed by atoms with Crippen LogP contribution in [-0.2, 0) is 15.6 Å². The van der Waals surface area contributed by atoms with Crippen molar-refractivity contribution in [2.45, 2.75) is 31.4 Å². The van der Waals surface area contributed by atoms with Crippen LogP contribution >= 0.6 is 23.4 Å². The molecule has 0 bridgehead atoms. The number of hydrogen-bond acceptors (Lipinski definition) is 5. The summed E-state index contributed by atoms with van der Waals surface area (Å²) in [6.07, 6.45) is 0. The van der Waals surface area contributed by atoms with E-state index in [0.29, 0.717) is 16.5 Å². The molecule has 1 N–H and O–H groups in total. The average Bonchev–Trinajstić information content (AvgIpc) is 2.76. The molecule has 0 aliphatic carbocycles. The van der Waals surface area contributed by atoms with E-state index >= 15 is 0 Å². The van der Waals surface area contributed by atoms with E-state index in [1.165, 1.54) is 23.9 Å². The molecule has 7 heteroatoms. The molecule has 4 nitrogen and oxygen atoms in total. The van der Waals surface area contributed by atoms with Crippen LogP contribution in [-0.4, -0.2) is 8.42 Å². The van der Waals surface area contributed by atoms with Gasteiger partial charge in [-0.3, -0.25) is 0 Å². The van der Waals surface area contributed by atoms with Gasteiger partial charge in [0.05, 0.1) is 4.90 Å². The van der Waals surface area contributed by atoms with Crippen LogP contribution in [0.4, 0.5) is 5.69 Å². The first-order chi connectivity index (χ1) is 15.2.